The van der Waals surface area contributed by atoms with Crippen molar-refractivity contribution < 1.29 is 47.6 Å². The van der Waals surface area contributed by atoms with Gasteiger partial charge in [0.2, 0.25) is 5.88 Å². The third-order valence-electron chi connectivity index (χ3n) is 19.7. The summed E-state index contributed by atoms with van der Waals surface area (Å²) in [5.41, 5.74) is 11.6. The molecule has 7 aliphatic heterocycles. The fourth-order valence-corrected chi connectivity index (χ4v) is 13.8. The lowest BCUT2D eigenvalue weighted by Crippen LogP contribution is -2.37. The average Bonchev–Trinajstić information content (AvgIpc) is 1.63. The second kappa shape index (κ2) is 32.2. The summed E-state index contributed by atoms with van der Waals surface area (Å²) in [4.78, 5) is 104. The highest BCUT2D eigenvalue weighted by atomic mass is 16.6. The van der Waals surface area contributed by atoms with E-state index >= 15 is 0 Å². The number of hydrogen-bond acceptors (Lipinski definition) is 22. The molecule has 13 heterocycles. The lowest BCUT2D eigenvalue weighted by atomic mass is 9.85. The van der Waals surface area contributed by atoms with Crippen LogP contribution >= 0.6 is 0 Å². The van der Waals surface area contributed by atoms with Crippen LogP contribution in [-0.2, 0) is 82.9 Å². The molecular weight excluding hydrogens is 1400 g/mol. The van der Waals surface area contributed by atoms with E-state index in [0.29, 0.717) is 71.2 Å². The van der Waals surface area contributed by atoms with Crippen LogP contribution in [0.5, 0.6) is 11.6 Å². The van der Waals surface area contributed by atoms with E-state index in [1.807, 2.05) is 90.0 Å². The third kappa shape index (κ3) is 20.6. The van der Waals surface area contributed by atoms with E-state index < -0.39 is 11.2 Å². The molecular formula is C89H132N12O10. The van der Waals surface area contributed by atoms with Gasteiger partial charge in [0.25, 0.3) is 0 Å². The molecule has 7 aliphatic rings. The fourth-order valence-electron chi connectivity index (χ4n) is 13.8. The van der Waals surface area contributed by atoms with Crippen LogP contribution in [-0.4, -0.2) is 107 Å². The Morgan fingerprint density at radius 1 is 0.378 bits per heavy atom. The molecule has 22 nitrogen and oxygen atoms in total. The molecule has 2 atom stereocenters. The SMILES string of the molecule is CC(C)(C)c1nc(C(C)(C)C)c2c(n1)C(C)(C)OC2=O.CC(C)c1nc2c(c(C(C)(C)C)n1)C(=O)OC2.CC(C)c1nc2c(c(C(C)(C)C)n1)C(=O)OCC2.CC(C)c1nc2c(c(C(C)(C)C)n1)C1CCC(C2)O1.CC(C)c1nc2c(c(C(C)(C)C)n1)OC(C)(C)C2.CC(C)c1nc2c(c(C(C)C)n1)C(=O)CC(C)(C)O2. The number of cyclic esters (lactones) is 3. The molecule has 608 valence electrons. The zero-order valence-electron chi connectivity index (χ0n) is 74.2. The molecule has 0 N–H and O–H groups in total. The molecule has 0 aliphatic carbocycles. The van der Waals surface area contributed by atoms with Gasteiger partial charge in [-0.05, 0) is 60.3 Å². The number of carbonyl (C=O) groups is 4. The second-order valence-electron chi connectivity index (χ2n) is 40.6. The van der Waals surface area contributed by atoms with Crippen LogP contribution in [0.2, 0.25) is 0 Å². The standard InChI is InChI=1S/C16H24N2O2.C16H24N2O.C15H22N2O2.C15H24N2O.C14H20N2O2.C13H18N2O2/c1-14(2,3)10-9-11(16(7,8)20-12(9)19)18-13(17-10)15(4,5)6;1-9(2)15-17-11-8-10-6-7-12(19-10)13(11)14(18-15)16(3,4)5;1-8(2)12-11-10(18)7-15(5,6)19-14(11)17-13(16-12)9(3)4;1-9(2)13-16-10-8-15(6,7)18-11(10)12(17-13)14(3,4)5;1-8(2)12-15-9-6-7-18-13(17)10(9)11(16-12)14(3,4)5;1-7(2)11-14-8-6-17-12(16)9(8)10(15-11)13(3,4)5/h1-8H3;9-10,12H,6-8H2,1-5H3;8-9H,7H2,1-6H3;9H,8H2,1-7H3;8H,6-7H2,1-5H3;7H,6H2,1-5H3. The molecule has 0 spiro atoms. The van der Waals surface area contributed by atoms with Gasteiger partial charge in [0.15, 0.2) is 11.5 Å². The molecule has 111 heavy (non-hydrogen) atoms. The number of aromatic nitrogens is 12. The Balaban J connectivity index is 0.000000167. The lowest BCUT2D eigenvalue weighted by Gasteiger charge is -2.32. The van der Waals surface area contributed by atoms with Gasteiger partial charge in [-0.2, -0.15) is 4.98 Å². The van der Waals surface area contributed by atoms with Gasteiger partial charge in [-0.15, -0.1) is 0 Å². The van der Waals surface area contributed by atoms with Crippen molar-refractivity contribution in [3.05, 3.63) is 125 Å². The monoisotopic (exact) mass is 1530 g/mol. The number of hydrogen-bond donors (Lipinski definition) is 0. The first-order valence-electron chi connectivity index (χ1n) is 40.3. The zero-order valence-corrected chi connectivity index (χ0v) is 74.2. The maximum atomic E-state index is 12.3. The van der Waals surface area contributed by atoms with Gasteiger partial charge in [-0.3, -0.25) is 4.79 Å². The van der Waals surface area contributed by atoms with Gasteiger partial charge in [-0.1, -0.05) is 208 Å². The minimum atomic E-state index is -0.685. The second-order valence-corrected chi connectivity index (χ2v) is 40.6. The lowest BCUT2D eigenvalue weighted by molar-refractivity contribution is 0.00807. The summed E-state index contributed by atoms with van der Waals surface area (Å²) in [6.07, 6.45) is 5.83. The van der Waals surface area contributed by atoms with Gasteiger partial charge in [-0.25, -0.2) is 69.2 Å². The number of nitrogens with zero attached hydrogens (tertiary/aromatic N) is 12. The van der Waals surface area contributed by atoms with E-state index in [0.717, 1.165) is 106 Å². The van der Waals surface area contributed by atoms with Crippen LogP contribution in [0, 0.1) is 0 Å². The summed E-state index contributed by atoms with van der Waals surface area (Å²) in [6.45, 7) is 75.4. The Morgan fingerprint density at radius 3 is 1.30 bits per heavy atom. The van der Waals surface area contributed by atoms with E-state index in [-0.39, 0.29) is 98.2 Å². The number of ketones is 1. The number of ether oxygens (including phenoxy) is 6. The Morgan fingerprint density at radius 2 is 0.811 bits per heavy atom. The van der Waals surface area contributed by atoms with Crippen molar-refractivity contribution in [2.24, 2.45) is 0 Å². The molecule has 22 heteroatoms. The molecule has 0 amide bonds. The Bertz CT molecular complexity index is 4490. The molecule has 0 radical (unpaired) electrons. The summed E-state index contributed by atoms with van der Waals surface area (Å²) in [5.74, 6) is 7.23. The minimum Gasteiger partial charge on any atom is -0.484 e. The van der Waals surface area contributed by atoms with Crippen molar-refractivity contribution in [1.29, 1.82) is 0 Å². The summed E-state index contributed by atoms with van der Waals surface area (Å²) < 4.78 is 33.7. The first-order valence-corrected chi connectivity index (χ1v) is 40.3. The van der Waals surface area contributed by atoms with Crippen molar-refractivity contribution in [1.82, 2.24) is 59.8 Å². The van der Waals surface area contributed by atoms with E-state index in [1.165, 1.54) is 23.4 Å². The minimum absolute atomic E-state index is 0.0168. The third-order valence-corrected chi connectivity index (χ3v) is 19.7. The maximum Gasteiger partial charge on any atom is 0.342 e. The van der Waals surface area contributed by atoms with Gasteiger partial charge < -0.3 is 28.4 Å². The predicted molar refractivity (Wildman–Crippen MR) is 433 cm³/mol. The number of Topliss-reactive ketones (excluding diaryl/α,β-unsaturated/α-hetero) is 1. The van der Waals surface area contributed by atoms with Gasteiger partial charge in [0.05, 0.1) is 82.2 Å². The Labute approximate surface area is 662 Å². The normalized spacial score (nSPS) is 18.4. The Kier molecular flexibility index (Phi) is 25.7. The predicted octanol–water partition coefficient (Wildman–Crippen LogP) is 19.4. The van der Waals surface area contributed by atoms with Gasteiger partial charge >= 0.3 is 17.9 Å². The maximum absolute atomic E-state index is 12.3. The topological polar surface area (TPSA) is 278 Å². The summed E-state index contributed by atoms with van der Waals surface area (Å²) in [5, 5.41) is 0. The van der Waals surface area contributed by atoms with Gasteiger partial charge in [0, 0.05) is 86.9 Å². The fraction of sp³-hybridized carbons (Fsp3) is 0.685. The first-order chi connectivity index (χ1) is 50.6. The average molecular weight is 1530 g/mol. The van der Waals surface area contributed by atoms with Crippen LogP contribution in [0.4, 0.5) is 0 Å². The number of rotatable bonds is 6. The highest BCUT2D eigenvalue weighted by Gasteiger charge is 2.47. The Hall–Kier alpha value is -7.88. The highest BCUT2D eigenvalue weighted by Crippen LogP contribution is 2.47. The van der Waals surface area contributed by atoms with Crippen molar-refractivity contribution in [2.45, 2.75) is 391 Å². The summed E-state index contributed by atoms with van der Waals surface area (Å²) in [6, 6.07) is 0. The number of carbonyl (C=O) groups excluding carboxylic acids is 4. The number of fused-ring (bicyclic) bond motifs is 9. The molecule has 6 aromatic rings. The van der Waals surface area contributed by atoms with Crippen molar-refractivity contribution in [3.8, 4) is 11.6 Å². The summed E-state index contributed by atoms with van der Waals surface area (Å²) in [7, 11) is 0. The highest BCUT2D eigenvalue weighted by molar-refractivity contribution is 6.01. The van der Waals surface area contributed by atoms with Gasteiger partial charge in [0.1, 0.15) is 86.3 Å². The molecule has 1 fully saturated rings. The molecule has 0 saturated carbocycles. The molecule has 6 aromatic heterocycles. The summed E-state index contributed by atoms with van der Waals surface area (Å²) >= 11 is 0. The van der Waals surface area contributed by atoms with Crippen LogP contribution in [0.1, 0.15) is 455 Å². The van der Waals surface area contributed by atoms with Crippen molar-refractivity contribution in [3.63, 3.8) is 0 Å². The first kappa shape index (κ1) is 88.7. The van der Waals surface area contributed by atoms with E-state index in [1.54, 1.807) is 0 Å². The molecule has 2 bridgehead atoms. The molecule has 1 saturated heterocycles. The molecule has 13 rings (SSSR count). The number of esters is 3. The van der Waals surface area contributed by atoms with Crippen LogP contribution in [0.3, 0.4) is 0 Å². The van der Waals surface area contributed by atoms with E-state index in [9.17, 15) is 19.2 Å². The molecule has 2 unspecified atom stereocenters. The molecule has 0 aromatic carbocycles. The van der Waals surface area contributed by atoms with E-state index in [2.05, 4.69) is 199 Å². The van der Waals surface area contributed by atoms with Crippen molar-refractivity contribution >= 4 is 23.7 Å². The zero-order chi connectivity index (χ0) is 83.7. The van der Waals surface area contributed by atoms with Crippen LogP contribution in [0.25, 0.3) is 0 Å². The van der Waals surface area contributed by atoms with Crippen molar-refractivity contribution in [2.75, 3.05) is 6.61 Å². The van der Waals surface area contributed by atoms with Crippen LogP contribution < -0.4 is 9.47 Å². The van der Waals surface area contributed by atoms with E-state index in [4.69, 9.17) is 48.4 Å². The van der Waals surface area contributed by atoms with Crippen LogP contribution in [0.15, 0.2) is 0 Å². The largest absolute Gasteiger partial charge is 0.484 e. The quantitative estimate of drug-likeness (QED) is 0.111. The smallest absolute Gasteiger partial charge is 0.342 e.